The molecule has 0 aliphatic rings. The van der Waals surface area contributed by atoms with Crippen molar-refractivity contribution in [3.8, 4) is 11.7 Å². The molecule has 86 valence electrons. The zero-order valence-corrected chi connectivity index (χ0v) is 10.5. The molecule has 0 amide bonds. The monoisotopic (exact) mass is 285 g/mol. The molecule has 2 aromatic rings. The van der Waals surface area contributed by atoms with Crippen LogP contribution in [-0.2, 0) is 6.42 Å². The summed E-state index contributed by atoms with van der Waals surface area (Å²) in [5.41, 5.74) is 0. The molecule has 0 bridgehead atoms. The minimum atomic E-state index is 0.421. The van der Waals surface area contributed by atoms with Crippen LogP contribution in [0.5, 0.6) is 0 Å². The van der Waals surface area contributed by atoms with Gasteiger partial charge in [-0.05, 0) is 48.1 Å². The van der Waals surface area contributed by atoms with E-state index in [9.17, 15) is 0 Å². The third-order valence-corrected chi connectivity index (χ3v) is 2.49. The van der Waals surface area contributed by atoms with Crippen molar-refractivity contribution in [1.82, 2.24) is 15.5 Å². The minimum Gasteiger partial charge on any atom is -0.444 e. The van der Waals surface area contributed by atoms with Crippen LogP contribution in [-0.4, -0.2) is 23.8 Å². The number of furan rings is 1. The molecule has 2 aromatic heterocycles. The van der Waals surface area contributed by atoms with Gasteiger partial charge in [0.25, 0.3) is 5.89 Å². The molecule has 2 rings (SSSR count). The second kappa shape index (κ2) is 5.27. The van der Waals surface area contributed by atoms with Gasteiger partial charge in [-0.25, -0.2) is 0 Å². The average Bonchev–Trinajstić information content (AvgIpc) is 2.87. The van der Waals surface area contributed by atoms with Crippen molar-refractivity contribution in [2.24, 2.45) is 0 Å². The van der Waals surface area contributed by atoms with Crippen LogP contribution in [0.4, 0.5) is 0 Å². The van der Waals surface area contributed by atoms with E-state index in [0.717, 1.165) is 19.4 Å². The summed E-state index contributed by atoms with van der Waals surface area (Å²) in [7, 11) is 1.92. The number of nitrogens with zero attached hydrogens (tertiary/aromatic N) is 2. The van der Waals surface area contributed by atoms with Gasteiger partial charge in [-0.1, -0.05) is 0 Å². The van der Waals surface area contributed by atoms with E-state index in [-0.39, 0.29) is 0 Å². The SMILES string of the molecule is CNCCCc1nnc(-c2ccc(Br)o2)o1. The first kappa shape index (κ1) is 11.3. The molecule has 0 aromatic carbocycles. The van der Waals surface area contributed by atoms with E-state index in [1.807, 2.05) is 7.05 Å². The molecule has 6 heteroatoms. The second-order valence-electron chi connectivity index (χ2n) is 3.31. The number of hydrogen-bond donors (Lipinski definition) is 1. The Morgan fingerprint density at radius 3 is 2.88 bits per heavy atom. The summed E-state index contributed by atoms with van der Waals surface area (Å²) in [6.07, 6.45) is 1.75. The van der Waals surface area contributed by atoms with Crippen LogP contribution in [0, 0.1) is 0 Å². The van der Waals surface area contributed by atoms with Crippen molar-refractivity contribution >= 4 is 15.9 Å². The third-order valence-electron chi connectivity index (χ3n) is 2.07. The van der Waals surface area contributed by atoms with Crippen LogP contribution in [0.15, 0.2) is 25.6 Å². The highest BCUT2D eigenvalue weighted by Gasteiger charge is 2.11. The van der Waals surface area contributed by atoms with Gasteiger partial charge in [-0.2, -0.15) is 0 Å². The Bertz CT molecular complexity index is 452. The fourth-order valence-corrected chi connectivity index (χ4v) is 1.61. The summed E-state index contributed by atoms with van der Waals surface area (Å²) in [6.45, 7) is 0.935. The Hall–Kier alpha value is -1.14. The molecule has 0 atom stereocenters. The fourth-order valence-electron chi connectivity index (χ4n) is 1.30. The van der Waals surface area contributed by atoms with Crippen LogP contribution in [0.25, 0.3) is 11.7 Å². The summed E-state index contributed by atoms with van der Waals surface area (Å²) in [5.74, 6) is 1.64. The van der Waals surface area contributed by atoms with E-state index in [1.165, 1.54) is 0 Å². The molecule has 0 saturated heterocycles. The lowest BCUT2D eigenvalue weighted by Gasteiger charge is -1.94. The zero-order chi connectivity index (χ0) is 11.4. The van der Waals surface area contributed by atoms with Gasteiger partial charge in [0.2, 0.25) is 5.89 Å². The van der Waals surface area contributed by atoms with Crippen LogP contribution in [0.3, 0.4) is 0 Å². The lowest BCUT2D eigenvalue weighted by Crippen LogP contribution is -2.08. The van der Waals surface area contributed by atoms with Crippen molar-refractivity contribution in [1.29, 1.82) is 0 Å². The molecule has 0 radical (unpaired) electrons. The van der Waals surface area contributed by atoms with Crippen LogP contribution >= 0.6 is 15.9 Å². The topological polar surface area (TPSA) is 64.1 Å². The van der Waals surface area contributed by atoms with Gasteiger partial charge >= 0.3 is 0 Å². The van der Waals surface area contributed by atoms with Crippen molar-refractivity contribution in [2.75, 3.05) is 13.6 Å². The smallest absolute Gasteiger partial charge is 0.283 e. The third kappa shape index (κ3) is 2.70. The average molecular weight is 286 g/mol. The molecule has 0 aliphatic carbocycles. The molecular weight excluding hydrogens is 274 g/mol. The Balaban J connectivity index is 2.02. The van der Waals surface area contributed by atoms with E-state index in [2.05, 4.69) is 31.4 Å². The van der Waals surface area contributed by atoms with Gasteiger partial charge in [0, 0.05) is 6.42 Å². The highest BCUT2D eigenvalue weighted by molar-refractivity contribution is 9.10. The van der Waals surface area contributed by atoms with Crippen LogP contribution < -0.4 is 5.32 Å². The number of aryl methyl sites for hydroxylation is 1. The number of nitrogens with one attached hydrogen (secondary N) is 1. The molecule has 0 fully saturated rings. The molecule has 0 saturated carbocycles. The van der Waals surface area contributed by atoms with E-state index in [0.29, 0.717) is 22.2 Å². The lowest BCUT2D eigenvalue weighted by atomic mass is 10.3. The number of hydrogen-bond acceptors (Lipinski definition) is 5. The number of aromatic nitrogens is 2. The van der Waals surface area contributed by atoms with Crippen molar-refractivity contribution in [3.63, 3.8) is 0 Å². The predicted molar refractivity (Wildman–Crippen MR) is 61.9 cm³/mol. The molecule has 16 heavy (non-hydrogen) atoms. The summed E-state index contributed by atoms with van der Waals surface area (Å²) >= 11 is 3.22. The summed E-state index contributed by atoms with van der Waals surface area (Å²) in [5, 5.41) is 10.9. The van der Waals surface area contributed by atoms with Crippen molar-refractivity contribution in [2.45, 2.75) is 12.8 Å². The van der Waals surface area contributed by atoms with Crippen LogP contribution in [0.1, 0.15) is 12.3 Å². The molecule has 2 heterocycles. The second-order valence-corrected chi connectivity index (χ2v) is 4.09. The van der Waals surface area contributed by atoms with Crippen LogP contribution in [0.2, 0.25) is 0 Å². The standard InChI is InChI=1S/C10H12BrN3O2/c1-12-6-2-3-9-13-14-10(16-9)7-4-5-8(11)15-7/h4-5,12H,2-3,6H2,1H3. The van der Waals surface area contributed by atoms with E-state index in [1.54, 1.807) is 12.1 Å². The first-order valence-corrected chi connectivity index (χ1v) is 5.81. The van der Waals surface area contributed by atoms with Gasteiger partial charge in [-0.3, -0.25) is 0 Å². The first-order valence-electron chi connectivity index (χ1n) is 5.02. The van der Waals surface area contributed by atoms with E-state index >= 15 is 0 Å². The van der Waals surface area contributed by atoms with Gasteiger partial charge in [-0.15, -0.1) is 10.2 Å². The Labute approximate surface area is 101 Å². The largest absolute Gasteiger partial charge is 0.444 e. The Morgan fingerprint density at radius 1 is 1.31 bits per heavy atom. The number of halogens is 1. The Kier molecular flexibility index (Phi) is 3.74. The molecular formula is C10H12BrN3O2. The summed E-state index contributed by atoms with van der Waals surface area (Å²) in [6, 6.07) is 3.58. The number of rotatable bonds is 5. The zero-order valence-electron chi connectivity index (χ0n) is 8.86. The lowest BCUT2D eigenvalue weighted by molar-refractivity contribution is 0.468. The maximum atomic E-state index is 5.47. The summed E-state index contributed by atoms with van der Waals surface area (Å²) in [4.78, 5) is 0. The van der Waals surface area contributed by atoms with Gasteiger partial charge < -0.3 is 14.2 Å². The maximum Gasteiger partial charge on any atom is 0.283 e. The minimum absolute atomic E-state index is 0.421. The fraction of sp³-hybridized carbons (Fsp3) is 0.400. The molecule has 5 nitrogen and oxygen atoms in total. The van der Waals surface area contributed by atoms with Gasteiger partial charge in [0.1, 0.15) is 0 Å². The highest BCUT2D eigenvalue weighted by atomic mass is 79.9. The molecule has 0 aliphatic heterocycles. The van der Waals surface area contributed by atoms with Gasteiger partial charge in [0.05, 0.1) is 0 Å². The van der Waals surface area contributed by atoms with Crippen molar-refractivity contribution in [3.05, 3.63) is 22.7 Å². The van der Waals surface area contributed by atoms with E-state index < -0.39 is 0 Å². The van der Waals surface area contributed by atoms with E-state index in [4.69, 9.17) is 8.83 Å². The summed E-state index contributed by atoms with van der Waals surface area (Å²) < 4.78 is 11.4. The predicted octanol–water partition coefficient (Wildman–Crippen LogP) is 2.24. The van der Waals surface area contributed by atoms with Gasteiger partial charge in [0.15, 0.2) is 10.4 Å². The highest BCUT2D eigenvalue weighted by Crippen LogP contribution is 2.23. The molecule has 1 N–H and O–H groups in total. The molecule has 0 unspecified atom stereocenters. The van der Waals surface area contributed by atoms with Crippen molar-refractivity contribution < 1.29 is 8.83 Å². The molecule has 0 spiro atoms. The normalized spacial score (nSPS) is 10.9. The first-order chi connectivity index (χ1) is 7.79. The maximum absolute atomic E-state index is 5.47. The Morgan fingerprint density at radius 2 is 2.19 bits per heavy atom. The quantitative estimate of drug-likeness (QED) is 0.854.